The van der Waals surface area contributed by atoms with Crippen LogP contribution in [-0.4, -0.2) is 21.5 Å². The van der Waals surface area contributed by atoms with Crippen molar-refractivity contribution in [3.8, 4) is 0 Å². The van der Waals surface area contributed by atoms with Crippen LogP contribution < -0.4 is 4.72 Å². The fourth-order valence-electron chi connectivity index (χ4n) is 2.06. The number of nitrogens with one attached hydrogen (secondary N) is 1. The highest BCUT2D eigenvalue weighted by Crippen LogP contribution is 2.27. The van der Waals surface area contributed by atoms with Crippen LogP contribution in [0.15, 0.2) is 40.6 Å². The molecule has 0 radical (unpaired) electrons. The maximum Gasteiger partial charge on any atom is 0.350 e. The van der Waals surface area contributed by atoms with Gasteiger partial charge in [0.25, 0.3) is 10.0 Å². The van der Waals surface area contributed by atoms with Gasteiger partial charge < -0.3 is 4.74 Å². The Morgan fingerprint density at radius 3 is 2.48 bits per heavy atom. The zero-order valence-corrected chi connectivity index (χ0v) is 14.8. The van der Waals surface area contributed by atoms with Gasteiger partial charge in [0, 0.05) is 0 Å². The molecule has 0 aliphatic heterocycles. The Hall–Kier alpha value is -1.86. The van der Waals surface area contributed by atoms with E-state index in [1.54, 1.807) is 23.6 Å². The number of carbonyl (C=O) groups is 1. The second-order valence-corrected chi connectivity index (χ2v) is 7.74. The minimum Gasteiger partial charge on any atom is -0.465 e. The first-order valence-electron chi connectivity index (χ1n) is 7.17. The second-order valence-electron chi connectivity index (χ2n) is 5.14. The highest BCUT2D eigenvalue weighted by molar-refractivity contribution is 7.92. The third-order valence-electron chi connectivity index (χ3n) is 3.65. The Balaban J connectivity index is 2.26. The molecule has 1 heterocycles. The van der Waals surface area contributed by atoms with Crippen molar-refractivity contribution in [2.24, 2.45) is 0 Å². The molecular weight excluding hydrogens is 334 g/mol. The van der Waals surface area contributed by atoms with Gasteiger partial charge in [-0.15, -0.1) is 11.3 Å². The molecule has 0 fully saturated rings. The fraction of sp³-hybridized carbons (Fsp3) is 0.312. The van der Waals surface area contributed by atoms with E-state index in [4.69, 9.17) is 0 Å². The molecule has 0 unspecified atom stereocenters. The van der Waals surface area contributed by atoms with Gasteiger partial charge in [-0.25, -0.2) is 13.2 Å². The zero-order valence-electron chi connectivity index (χ0n) is 13.2. The normalized spacial score (nSPS) is 12.7. The number of hydrogen-bond acceptors (Lipinski definition) is 5. The molecule has 1 atom stereocenters. The molecule has 0 amide bonds. The molecule has 5 nitrogen and oxygen atoms in total. The van der Waals surface area contributed by atoms with E-state index < -0.39 is 16.0 Å². The number of benzene rings is 1. The number of sulfonamides is 1. The Kier molecular flexibility index (Phi) is 5.43. The number of anilines is 1. The van der Waals surface area contributed by atoms with Gasteiger partial charge in [0.2, 0.25) is 0 Å². The molecule has 2 rings (SSSR count). The van der Waals surface area contributed by atoms with Gasteiger partial charge in [-0.05, 0) is 41.5 Å². The summed E-state index contributed by atoms with van der Waals surface area (Å²) in [6.07, 6.45) is 0.988. The molecule has 7 heteroatoms. The van der Waals surface area contributed by atoms with Crippen LogP contribution in [0.1, 0.15) is 41.4 Å². The summed E-state index contributed by atoms with van der Waals surface area (Å²) in [4.78, 5) is 12.0. The van der Waals surface area contributed by atoms with Crippen LogP contribution in [0.25, 0.3) is 0 Å². The van der Waals surface area contributed by atoms with Crippen LogP contribution in [0.3, 0.4) is 0 Å². The average molecular weight is 353 g/mol. The number of rotatable bonds is 6. The summed E-state index contributed by atoms with van der Waals surface area (Å²) < 4.78 is 32.0. The number of thiophene rings is 1. The lowest BCUT2D eigenvalue weighted by molar-refractivity contribution is 0.0607. The average Bonchev–Trinajstić information content (AvgIpc) is 3.00. The van der Waals surface area contributed by atoms with Gasteiger partial charge in [0.15, 0.2) is 0 Å². The predicted octanol–water partition coefficient (Wildman–Crippen LogP) is 3.85. The van der Waals surface area contributed by atoms with Gasteiger partial charge in [-0.3, -0.25) is 4.72 Å². The van der Waals surface area contributed by atoms with E-state index >= 15 is 0 Å². The van der Waals surface area contributed by atoms with Crippen LogP contribution >= 0.6 is 11.3 Å². The first-order valence-corrected chi connectivity index (χ1v) is 9.54. The number of hydrogen-bond donors (Lipinski definition) is 1. The summed E-state index contributed by atoms with van der Waals surface area (Å²) in [5, 5.41) is 1.64. The van der Waals surface area contributed by atoms with Crippen LogP contribution in [0.2, 0.25) is 0 Å². The van der Waals surface area contributed by atoms with Crippen LogP contribution in [0.5, 0.6) is 0 Å². The van der Waals surface area contributed by atoms with Crippen molar-refractivity contribution in [2.45, 2.75) is 31.1 Å². The first-order chi connectivity index (χ1) is 10.9. The van der Waals surface area contributed by atoms with E-state index in [2.05, 4.69) is 23.3 Å². The molecular formula is C16H19NO4S2. The lowest BCUT2D eigenvalue weighted by Gasteiger charge is -2.11. The molecule has 1 N–H and O–H groups in total. The Morgan fingerprint density at radius 2 is 1.91 bits per heavy atom. The lowest BCUT2D eigenvalue weighted by atomic mass is 9.99. The summed E-state index contributed by atoms with van der Waals surface area (Å²) in [5.74, 6) is -0.188. The maximum absolute atomic E-state index is 12.5. The smallest absolute Gasteiger partial charge is 0.350 e. The second kappa shape index (κ2) is 7.14. The monoisotopic (exact) mass is 353 g/mol. The highest BCUT2D eigenvalue weighted by Gasteiger charge is 2.20. The summed E-state index contributed by atoms with van der Waals surface area (Å²) in [7, 11) is -2.49. The topological polar surface area (TPSA) is 72.5 Å². The first kappa shape index (κ1) is 17.5. The number of esters is 1. The molecule has 0 spiro atoms. The summed E-state index contributed by atoms with van der Waals surface area (Å²) in [6, 6.07) is 8.33. The van der Waals surface area contributed by atoms with Gasteiger partial charge in [-0.1, -0.05) is 26.0 Å². The summed E-state index contributed by atoms with van der Waals surface area (Å²) in [6.45, 7) is 4.18. The Bertz CT molecular complexity index is 779. The Morgan fingerprint density at radius 1 is 1.26 bits per heavy atom. The minimum absolute atomic E-state index is 0.159. The van der Waals surface area contributed by atoms with E-state index in [9.17, 15) is 13.2 Å². The van der Waals surface area contributed by atoms with Crippen molar-refractivity contribution in [3.05, 3.63) is 46.2 Å². The van der Waals surface area contributed by atoms with E-state index in [1.807, 2.05) is 12.1 Å². The van der Waals surface area contributed by atoms with E-state index in [0.29, 0.717) is 5.92 Å². The number of carbonyl (C=O) groups excluding carboxylic acids is 1. The van der Waals surface area contributed by atoms with Crippen LogP contribution in [0.4, 0.5) is 5.69 Å². The molecule has 23 heavy (non-hydrogen) atoms. The molecule has 0 saturated carbocycles. The number of methoxy groups -OCH3 is 1. The van der Waals surface area contributed by atoms with Crippen molar-refractivity contribution in [3.63, 3.8) is 0 Å². The molecule has 0 bridgehead atoms. The van der Waals surface area contributed by atoms with E-state index in [0.717, 1.165) is 23.3 Å². The molecule has 124 valence electrons. The van der Waals surface area contributed by atoms with Gasteiger partial charge in [0.05, 0.1) is 17.7 Å². The van der Waals surface area contributed by atoms with Gasteiger partial charge in [-0.2, -0.15) is 0 Å². The highest BCUT2D eigenvalue weighted by atomic mass is 32.2. The van der Waals surface area contributed by atoms with Crippen LogP contribution in [0, 0.1) is 0 Å². The zero-order chi connectivity index (χ0) is 17.0. The molecule has 2 aromatic rings. The fourth-order valence-corrected chi connectivity index (χ4v) is 3.96. The van der Waals surface area contributed by atoms with Crippen molar-refractivity contribution >= 4 is 33.0 Å². The van der Waals surface area contributed by atoms with E-state index in [-0.39, 0.29) is 15.5 Å². The van der Waals surface area contributed by atoms with Crippen molar-refractivity contribution < 1.29 is 17.9 Å². The van der Waals surface area contributed by atoms with Gasteiger partial charge >= 0.3 is 5.97 Å². The lowest BCUT2D eigenvalue weighted by Crippen LogP contribution is -2.14. The van der Waals surface area contributed by atoms with E-state index in [1.165, 1.54) is 7.11 Å². The molecule has 1 aromatic heterocycles. The molecule has 0 aliphatic rings. The summed E-state index contributed by atoms with van der Waals surface area (Å²) >= 11 is 1.13. The third-order valence-corrected chi connectivity index (χ3v) is 5.93. The maximum atomic E-state index is 12.5. The quantitative estimate of drug-likeness (QED) is 0.801. The van der Waals surface area contributed by atoms with Crippen molar-refractivity contribution in [1.82, 2.24) is 0 Å². The molecule has 0 saturated heterocycles. The third kappa shape index (κ3) is 3.92. The molecule has 1 aromatic carbocycles. The van der Waals surface area contributed by atoms with Crippen molar-refractivity contribution in [2.75, 3.05) is 11.8 Å². The SMILES string of the molecule is CC[C@H](C)c1ccc(S(=O)(=O)Nc2ccsc2C(=O)OC)cc1. The summed E-state index contributed by atoms with van der Waals surface area (Å²) in [5.41, 5.74) is 1.32. The minimum atomic E-state index is -3.75. The van der Waals surface area contributed by atoms with Gasteiger partial charge in [0.1, 0.15) is 4.88 Å². The standard InChI is InChI=1S/C16H19NO4S2/c1-4-11(2)12-5-7-13(8-6-12)23(19,20)17-14-9-10-22-15(14)16(18)21-3/h5-11,17H,4H2,1-3H3/t11-/m0/s1. The predicted molar refractivity (Wildman–Crippen MR) is 91.6 cm³/mol. The molecule has 0 aliphatic carbocycles. The Labute approximate surface area is 140 Å². The largest absolute Gasteiger partial charge is 0.465 e. The van der Waals surface area contributed by atoms with Crippen LogP contribution in [-0.2, 0) is 14.8 Å². The van der Waals surface area contributed by atoms with Crippen molar-refractivity contribution in [1.29, 1.82) is 0 Å². The number of ether oxygens (including phenoxy) is 1.